The third-order valence-corrected chi connectivity index (χ3v) is 3.38. The van der Waals surface area contributed by atoms with Crippen molar-refractivity contribution in [2.24, 2.45) is 0 Å². The largest absolute Gasteiger partial charge is 0.337 e. The number of pyridine rings is 1. The van der Waals surface area contributed by atoms with E-state index in [0.29, 0.717) is 0 Å². The second-order valence-corrected chi connectivity index (χ2v) is 4.84. The summed E-state index contributed by atoms with van der Waals surface area (Å²) in [7, 11) is 0. The summed E-state index contributed by atoms with van der Waals surface area (Å²) in [6.45, 7) is 6.30. The van der Waals surface area contributed by atoms with Gasteiger partial charge in [0.1, 0.15) is 0 Å². The Labute approximate surface area is 120 Å². The first-order valence-electron chi connectivity index (χ1n) is 6.99. The Morgan fingerprint density at radius 3 is 2.55 bits per heavy atom. The Hall–Kier alpha value is -1.94. The molecule has 4 nitrogen and oxygen atoms in total. The smallest absolute Gasteiger partial charge is 0.246 e. The highest BCUT2D eigenvalue weighted by atomic mass is 16.2. The summed E-state index contributed by atoms with van der Waals surface area (Å²) in [6, 6.07) is 4.08. The third kappa shape index (κ3) is 4.31. The fraction of sp³-hybridized carbons (Fsp3) is 0.375. The van der Waals surface area contributed by atoms with E-state index < -0.39 is 0 Å². The van der Waals surface area contributed by atoms with E-state index in [0.717, 1.165) is 32.7 Å². The van der Waals surface area contributed by atoms with Crippen molar-refractivity contribution in [3.05, 3.63) is 54.4 Å². The van der Waals surface area contributed by atoms with Crippen LogP contribution in [-0.4, -0.2) is 46.9 Å². The molecule has 1 aromatic heterocycles. The van der Waals surface area contributed by atoms with Gasteiger partial charge >= 0.3 is 0 Å². The molecule has 2 rings (SSSR count). The molecular formula is C16H21N3O. The number of nitrogens with zero attached hydrogens (tertiary/aromatic N) is 3. The summed E-state index contributed by atoms with van der Waals surface area (Å²) < 4.78 is 0. The van der Waals surface area contributed by atoms with Crippen molar-refractivity contribution in [3.63, 3.8) is 0 Å². The maximum absolute atomic E-state index is 11.9. The molecule has 1 amide bonds. The number of allylic oxidation sites excluding steroid dienone is 3. The highest BCUT2D eigenvalue weighted by molar-refractivity contribution is 5.87. The lowest BCUT2D eigenvalue weighted by Crippen LogP contribution is -2.47. The van der Waals surface area contributed by atoms with Crippen molar-refractivity contribution in [1.29, 1.82) is 0 Å². The number of hydrogen-bond acceptors (Lipinski definition) is 3. The predicted octanol–water partition coefficient (Wildman–Crippen LogP) is 1.86. The molecule has 0 radical (unpaired) electrons. The summed E-state index contributed by atoms with van der Waals surface area (Å²) in [5.41, 5.74) is 1.27. The average Bonchev–Trinajstić information content (AvgIpc) is 2.49. The molecule has 1 saturated heterocycles. The summed E-state index contributed by atoms with van der Waals surface area (Å²) in [4.78, 5) is 20.2. The van der Waals surface area contributed by atoms with E-state index in [1.165, 1.54) is 5.56 Å². The van der Waals surface area contributed by atoms with Crippen molar-refractivity contribution in [3.8, 4) is 0 Å². The van der Waals surface area contributed by atoms with Crippen molar-refractivity contribution in [2.45, 2.75) is 13.5 Å². The normalized spacial score (nSPS) is 17.1. The first kappa shape index (κ1) is 14.5. The van der Waals surface area contributed by atoms with E-state index >= 15 is 0 Å². The van der Waals surface area contributed by atoms with Gasteiger partial charge in [0.15, 0.2) is 0 Å². The second-order valence-electron chi connectivity index (χ2n) is 4.84. The third-order valence-electron chi connectivity index (χ3n) is 3.38. The van der Waals surface area contributed by atoms with Gasteiger partial charge in [0.2, 0.25) is 5.91 Å². The van der Waals surface area contributed by atoms with Crippen molar-refractivity contribution < 1.29 is 4.79 Å². The second kappa shape index (κ2) is 7.60. The lowest BCUT2D eigenvalue weighted by atomic mass is 10.2. The molecule has 4 heteroatoms. The maximum atomic E-state index is 11.9. The van der Waals surface area contributed by atoms with Crippen LogP contribution in [0.1, 0.15) is 12.5 Å². The number of amides is 1. The molecular weight excluding hydrogens is 250 g/mol. The van der Waals surface area contributed by atoms with Gasteiger partial charge in [0.25, 0.3) is 0 Å². The van der Waals surface area contributed by atoms with Crippen LogP contribution >= 0.6 is 0 Å². The van der Waals surface area contributed by atoms with Gasteiger partial charge in [-0.3, -0.25) is 14.7 Å². The summed E-state index contributed by atoms with van der Waals surface area (Å²) in [5.74, 6) is 0.103. The molecule has 20 heavy (non-hydrogen) atoms. The standard InChI is InChI=1S/C16H21N3O/c1-2-3-4-5-16(20)19-12-10-18(11-13-19)14-15-6-8-17-9-7-15/h2-9H,10-14H2,1H3/b3-2+,5-4+. The number of rotatable bonds is 4. The molecule has 106 valence electrons. The molecule has 0 unspecified atom stereocenters. The Kier molecular flexibility index (Phi) is 5.50. The molecule has 1 aliphatic rings. The number of carbonyl (C=O) groups excluding carboxylic acids is 1. The maximum Gasteiger partial charge on any atom is 0.246 e. The van der Waals surface area contributed by atoms with Crippen LogP contribution in [-0.2, 0) is 11.3 Å². The zero-order valence-electron chi connectivity index (χ0n) is 11.9. The number of hydrogen-bond donors (Lipinski definition) is 0. The molecule has 1 fully saturated rings. The van der Waals surface area contributed by atoms with Gasteiger partial charge in [0, 0.05) is 51.2 Å². The van der Waals surface area contributed by atoms with Gasteiger partial charge in [-0.15, -0.1) is 0 Å². The quantitative estimate of drug-likeness (QED) is 0.619. The minimum atomic E-state index is 0.103. The van der Waals surface area contributed by atoms with Gasteiger partial charge in [-0.1, -0.05) is 18.2 Å². The van der Waals surface area contributed by atoms with E-state index in [4.69, 9.17) is 0 Å². The van der Waals surface area contributed by atoms with Crippen LogP contribution in [0.15, 0.2) is 48.8 Å². The Balaban J connectivity index is 1.79. The predicted molar refractivity (Wildman–Crippen MR) is 80.0 cm³/mol. The van der Waals surface area contributed by atoms with E-state index in [1.807, 2.05) is 48.5 Å². The van der Waals surface area contributed by atoms with Gasteiger partial charge in [-0.25, -0.2) is 0 Å². The molecule has 0 spiro atoms. The lowest BCUT2D eigenvalue weighted by Gasteiger charge is -2.34. The topological polar surface area (TPSA) is 36.4 Å². The molecule has 0 aliphatic carbocycles. The Morgan fingerprint density at radius 2 is 1.90 bits per heavy atom. The zero-order valence-corrected chi connectivity index (χ0v) is 11.9. The van der Waals surface area contributed by atoms with E-state index in [9.17, 15) is 4.79 Å². The first-order valence-corrected chi connectivity index (χ1v) is 6.99. The van der Waals surface area contributed by atoms with Gasteiger partial charge < -0.3 is 4.90 Å². The van der Waals surface area contributed by atoms with E-state index in [1.54, 1.807) is 12.2 Å². The van der Waals surface area contributed by atoms with Gasteiger partial charge in [-0.2, -0.15) is 0 Å². The summed E-state index contributed by atoms with van der Waals surface area (Å²) in [6.07, 6.45) is 10.9. The van der Waals surface area contributed by atoms with Crippen LogP contribution in [0.5, 0.6) is 0 Å². The minimum absolute atomic E-state index is 0.103. The van der Waals surface area contributed by atoms with Crippen LogP contribution in [0.3, 0.4) is 0 Å². The number of piperazine rings is 1. The van der Waals surface area contributed by atoms with Gasteiger partial charge in [-0.05, 0) is 24.6 Å². The molecule has 0 aromatic carbocycles. The fourth-order valence-corrected chi connectivity index (χ4v) is 2.23. The van der Waals surface area contributed by atoms with Crippen molar-refractivity contribution in [2.75, 3.05) is 26.2 Å². The summed E-state index contributed by atoms with van der Waals surface area (Å²) in [5, 5.41) is 0. The molecule has 2 heterocycles. The zero-order chi connectivity index (χ0) is 14.2. The van der Waals surface area contributed by atoms with Crippen molar-refractivity contribution >= 4 is 5.91 Å². The van der Waals surface area contributed by atoms with E-state index in [2.05, 4.69) is 9.88 Å². The number of carbonyl (C=O) groups is 1. The molecule has 0 saturated carbocycles. The van der Waals surface area contributed by atoms with Crippen LogP contribution in [0, 0.1) is 0 Å². The Bertz CT molecular complexity index is 474. The fourth-order valence-electron chi connectivity index (χ4n) is 2.23. The highest BCUT2D eigenvalue weighted by Gasteiger charge is 2.19. The monoisotopic (exact) mass is 271 g/mol. The SMILES string of the molecule is C/C=C/C=C/C(=O)N1CCN(Cc2ccncc2)CC1. The van der Waals surface area contributed by atoms with Crippen LogP contribution in [0.25, 0.3) is 0 Å². The molecule has 1 aromatic rings. The van der Waals surface area contributed by atoms with E-state index in [-0.39, 0.29) is 5.91 Å². The lowest BCUT2D eigenvalue weighted by molar-refractivity contribution is -0.127. The highest BCUT2D eigenvalue weighted by Crippen LogP contribution is 2.08. The molecule has 0 bridgehead atoms. The Morgan fingerprint density at radius 1 is 1.20 bits per heavy atom. The molecule has 0 N–H and O–H groups in total. The summed E-state index contributed by atoms with van der Waals surface area (Å²) >= 11 is 0. The van der Waals surface area contributed by atoms with Crippen LogP contribution in [0.2, 0.25) is 0 Å². The minimum Gasteiger partial charge on any atom is -0.337 e. The van der Waals surface area contributed by atoms with Crippen LogP contribution in [0.4, 0.5) is 0 Å². The first-order chi connectivity index (χ1) is 9.79. The van der Waals surface area contributed by atoms with Crippen molar-refractivity contribution in [1.82, 2.24) is 14.8 Å². The van der Waals surface area contributed by atoms with Gasteiger partial charge in [0.05, 0.1) is 0 Å². The molecule has 1 aliphatic heterocycles. The number of aromatic nitrogens is 1. The molecule has 0 atom stereocenters. The average molecular weight is 271 g/mol. The van der Waals surface area contributed by atoms with Crippen LogP contribution < -0.4 is 0 Å².